The van der Waals surface area contributed by atoms with Crippen LogP contribution in [0.15, 0.2) is 18.2 Å². The molecule has 82 valence electrons. The molecule has 5 nitrogen and oxygen atoms in total. The van der Waals surface area contributed by atoms with E-state index in [0.717, 1.165) is 11.5 Å². The van der Waals surface area contributed by atoms with E-state index in [1.165, 1.54) is 6.07 Å². The number of rotatable bonds is 2. The number of hydrogen-bond donors (Lipinski definition) is 1. The predicted molar refractivity (Wildman–Crippen MR) is 55.6 cm³/mol. The van der Waals surface area contributed by atoms with Gasteiger partial charge in [0.25, 0.3) is 0 Å². The van der Waals surface area contributed by atoms with Crippen LogP contribution in [0.3, 0.4) is 0 Å². The summed E-state index contributed by atoms with van der Waals surface area (Å²) in [5, 5.41) is 10.7. The molecule has 0 spiro atoms. The predicted octanol–water partition coefficient (Wildman–Crippen LogP) is -2.54. The van der Waals surface area contributed by atoms with Crippen LogP contribution in [0.5, 0.6) is 0 Å². The van der Waals surface area contributed by atoms with E-state index in [2.05, 4.69) is 15.0 Å². The Balaban J connectivity index is 0.00000144. The van der Waals surface area contributed by atoms with Crippen molar-refractivity contribution < 1.29 is 39.5 Å². The molecule has 0 amide bonds. The van der Waals surface area contributed by atoms with Gasteiger partial charge in [-0.1, -0.05) is 6.07 Å². The second-order valence-corrected chi connectivity index (χ2v) is 3.49. The summed E-state index contributed by atoms with van der Waals surface area (Å²) in [5.41, 5.74) is 1.97. The molecule has 0 bridgehead atoms. The standard InChI is InChI=1S/C11H11N3O2.Na/c1-6-10(13-7(2)12-6)8-4-3-5-9(14-8)11(15)16;/h3-5H,1-2H3,(H,12,13)(H,15,16);/q;+1/p-1. The summed E-state index contributed by atoms with van der Waals surface area (Å²) in [5.74, 6) is -0.514. The fourth-order valence-corrected chi connectivity index (χ4v) is 1.54. The maximum Gasteiger partial charge on any atom is 1.00 e. The Morgan fingerprint density at radius 1 is 1.29 bits per heavy atom. The smallest absolute Gasteiger partial charge is 0.543 e. The molecule has 0 aliphatic heterocycles. The molecule has 6 heteroatoms. The fourth-order valence-electron chi connectivity index (χ4n) is 1.54. The second-order valence-electron chi connectivity index (χ2n) is 3.49. The van der Waals surface area contributed by atoms with Crippen molar-refractivity contribution in [1.29, 1.82) is 0 Å². The molecular weight excluding hydrogens is 229 g/mol. The van der Waals surface area contributed by atoms with E-state index in [4.69, 9.17) is 0 Å². The number of aromatic amines is 1. The minimum absolute atomic E-state index is 0. The summed E-state index contributed by atoms with van der Waals surface area (Å²) in [6.45, 7) is 3.70. The maximum atomic E-state index is 10.7. The number of aryl methyl sites for hydroxylation is 2. The quantitative estimate of drug-likeness (QED) is 0.585. The van der Waals surface area contributed by atoms with Crippen molar-refractivity contribution in [1.82, 2.24) is 15.0 Å². The van der Waals surface area contributed by atoms with Gasteiger partial charge in [-0.3, -0.25) is 0 Å². The van der Waals surface area contributed by atoms with Crippen LogP contribution < -0.4 is 34.7 Å². The topological polar surface area (TPSA) is 81.7 Å². The number of aromatic carboxylic acids is 1. The van der Waals surface area contributed by atoms with Gasteiger partial charge >= 0.3 is 29.6 Å². The molecule has 0 saturated carbocycles. The number of carboxylic acids is 1. The Morgan fingerprint density at radius 2 is 2.00 bits per heavy atom. The molecule has 1 N–H and O–H groups in total. The van der Waals surface area contributed by atoms with Crippen LogP contribution in [0.4, 0.5) is 0 Å². The number of imidazole rings is 1. The van der Waals surface area contributed by atoms with Crippen molar-refractivity contribution >= 4 is 5.97 Å². The van der Waals surface area contributed by atoms with Crippen molar-refractivity contribution in [3.8, 4) is 11.4 Å². The maximum absolute atomic E-state index is 10.7. The van der Waals surface area contributed by atoms with Crippen LogP contribution in [-0.4, -0.2) is 20.9 Å². The Labute approximate surface area is 121 Å². The molecule has 2 heterocycles. The van der Waals surface area contributed by atoms with Gasteiger partial charge in [-0.05, 0) is 26.0 Å². The molecule has 2 aromatic rings. The first-order chi connectivity index (χ1) is 7.58. The van der Waals surface area contributed by atoms with Gasteiger partial charge in [0, 0.05) is 5.69 Å². The van der Waals surface area contributed by atoms with Crippen LogP contribution in [0.25, 0.3) is 11.4 Å². The first-order valence-corrected chi connectivity index (χ1v) is 4.80. The van der Waals surface area contributed by atoms with Gasteiger partial charge in [0.05, 0.1) is 17.4 Å². The summed E-state index contributed by atoms with van der Waals surface area (Å²) >= 11 is 0. The average Bonchev–Trinajstić information content (AvgIpc) is 2.58. The number of carbonyl (C=O) groups excluding carboxylic acids is 1. The van der Waals surface area contributed by atoms with E-state index < -0.39 is 5.97 Å². The van der Waals surface area contributed by atoms with Crippen molar-refractivity contribution in [2.75, 3.05) is 0 Å². The second kappa shape index (κ2) is 5.44. The molecule has 0 radical (unpaired) electrons. The Hall–Kier alpha value is -1.17. The molecule has 2 rings (SSSR count). The van der Waals surface area contributed by atoms with E-state index in [-0.39, 0.29) is 35.3 Å². The van der Waals surface area contributed by atoms with Crippen LogP contribution in [0.2, 0.25) is 0 Å². The Morgan fingerprint density at radius 3 is 2.53 bits per heavy atom. The number of H-pyrrole nitrogens is 1. The number of nitrogens with zero attached hydrogens (tertiary/aromatic N) is 2. The molecule has 0 atom stereocenters. The Bertz CT molecular complexity index is 551. The summed E-state index contributed by atoms with van der Waals surface area (Å²) in [6, 6.07) is 4.74. The van der Waals surface area contributed by atoms with Crippen molar-refractivity contribution in [2.24, 2.45) is 0 Å². The molecule has 2 aromatic heterocycles. The van der Waals surface area contributed by atoms with Gasteiger partial charge in [-0.25, -0.2) is 9.97 Å². The van der Waals surface area contributed by atoms with Crippen molar-refractivity contribution in [3.05, 3.63) is 35.4 Å². The Kier molecular flexibility index (Phi) is 4.45. The number of nitrogens with one attached hydrogen (secondary N) is 1. The zero-order chi connectivity index (χ0) is 11.7. The van der Waals surface area contributed by atoms with Crippen LogP contribution in [-0.2, 0) is 0 Å². The summed E-state index contributed by atoms with van der Waals surface area (Å²) in [4.78, 5) is 21.9. The molecule has 0 fully saturated rings. The van der Waals surface area contributed by atoms with E-state index >= 15 is 0 Å². The van der Waals surface area contributed by atoms with Gasteiger partial charge in [-0.15, -0.1) is 0 Å². The van der Waals surface area contributed by atoms with Gasteiger partial charge < -0.3 is 14.9 Å². The number of aromatic nitrogens is 3. The minimum atomic E-state index is -1.29. The van der Waals surface area contributed by atoms with E-state index in [1.54, 1.807) is 12.1 Å². The number of hydrogen-bond acceptors (Lipinski definition) is 4. The van der Waals surface area contributed by atoms with Gasteiger partial charge in [0.1, 0.15) is 11.5 Å². The number of pyridine rings is 1. The molecule has 0 unspecified atom stereocenters. The van der Waals surface area contributed by atoms with Gasteiger partial charge in [-0.2, -0.15) is 0 Å². The van der Waals surface area contributed by atoms with Gasteiger partial charge in [0.2, 0.25) is 0 Å². The summed E-state index contributed by atoms with van der Waals surface area (Å²) in [7, 11) is 0. The molecule has 0 saturated heterocycles. The fraction of sp³-hybridized carbons (Fsp3) is 0.182. The summed E-state index contributed by atoms with van der Waals surface area (Å²) < 4.78 is 0. The zero-order valence-electron chi connectivity index (χ0n) is 9.94. The van der Waals surface area contributed by atoms with Crippen molar-refractivity contribution in [2.45, 2.75) is 13.8 Å². The van der Waals surface area contributed by atoms with E-state index in [1.807, 2.05) is 13.8 Å². The zero-order valence-corrected chi connectivity index (χ0v) is 11.9. The SMILES string of the molecule is Cc1nc(-c2cccc(C(=O)[O-])n2)c(C)[nH]1.[Na+]. The number of carboxylic acid groups (broad SMARTS) is 1. The first-order valence-electron chi connectivity index (χ1n) is 4.80. The molecule has 0 aliphatic rings. The van der Waals surface area contributed by atoms with E-state index in [0.29, 0.717) is 11.4 Å². The largest absolute Gasteiger partial charge is 1.00 e. The third kappa shape index (κ3) is 2.94. The minimum Gasteiger partial charge on any atom is -0.543 e. The van der Waals surface area contributed by atoms with Crippen molar-refractivity contribution in [3.63, 3.8) is 0 Å². The molecule has 0 aromatic carbocycles. The van der Waals surface area contributed by atoms with Gasteiger partial charge in [0.15, 0.2) is 0 Å². The first kappa shape index (κ1) is 13.9. The monoisotopic (exact) mass is 239 g/mol. The van der Waals surface area contributed by atoms with Crippen LogP contribution in [0, 0.1) is 13.8 Å². The third-order valence-electron chi connectivity index (χ3n) is 2.20. The molecule has 17 heavy (non-hydrogen) atoms. The molecule has 0 aliphatic carbocycles. The summed E-state index contributed by atoms with van der Waals surface area (Å²) in [6.07, 6.45) is 0. The molecular formula is C11H10N3NaO2. The van der Waals surface area contributed by atoms with Crippen LogP contribution >= 0.6 is 0 Å². The third-order valence-corrected chi connectivity index (χ3v) is 2.20. The number of carbonyl (C=O) groups is 1. The average molecular weight is 239 g/mol. The normalized spacial score (nSPS) is 9.76. The van der Waals surface area contributed by atoms with E-state index in [9.17, 15) is 9.90 Å². The van der Waals surface area contributed by atoms with Crippen LogP contribution in [0.1, 0.15) is 22.0 Å².